The van der Waals surface area contributed by atoms with Gasteiger partial charge in [0.05, 0.1) is 19.6 Å². The SMILES string of the molecule is Cc1ccnc(NC(=O)CN(C)C(=O)CCOc2ccc(C(C)C)cc2)c1. The summed E-state index contributed by atoms with van der Waals surface area (Å²) in [5.41, 5.74) is 2.25. The summed E-state index contributed by atoms with van der Waals surface area (Å²) in [6.45, 7) is 6.43. The van der Waals surface area contributed by atoms with Gasteiger partial charge in [0.15, 0.2) is 0 Å². The van der Waals surface area contributed by atoms with E-state index in [9.17, 15) is 9.59 Å². The van der Waals surface area contributed by atoms with Crippen molar-refractivity contribution in [2.75, 3.05) is 25.5 Å². The van der Waals surface area contributed by atoms with Gasteiger partial charge in [0, 0.05) is 13.2 Å². The Hall–Kier alpha value is -2.89. The van der Waals surface area contributed by atoms with E-state index < -0.39 is 0 Å². The van der Waals surface area contributed by atoms with Gasteiger partial charge in [-0.3, -0.25) is 9.59 Å². The summed E-state index contributed by atoms with van der Waals surface area (Å²) in [6.07, 6.45) is 1.84. The van der Waals surface area contributed by atoms with Gasteiger partial charge in [0.1, 0.15) is 11.6 Å². The molecule has 0 saturated heterocycles. The second kappa shape index (κ2) is 9.71. The minimum absolute atomic E-state index is 0.0302. The molecule has 0 spiro atoms. The van der Waals surface area contributed by atoms with E-state index in [2.05, 4.69) is 24.1 Å². The van der Waals surface area contributed by atoms with Crippen molar-refractivity contribution in [2.45, 2.75) is 33.1 Å². The molecule has 0 atom stereocenters. The van der Waals surface area contributed by atoms with E-state index >= 15 is 0 Å². The quantitative estimate of drug-likeness (QED) is 0.774. The fourth-order valence-electron chi connectivity index (χ4n) is 2.49. The van der Waals surface area contributed by atoms with Crippen LogP contribution in [0.25, 0.3) is 0 Å². The van der Waals surface area contributed by atoms with Gasteiger partial charge in [-0.1, -0.05) is 26.0 Å². The predicted octanol–water partition coefficient (Wildman–Crippen LogP) is 3.38. The largest absolute Gasteiger partial charge is 0.493 e. The number of hydrogen-bond acceptors (Lipinski definition) is 4. The van der Waals surface area contributed by atoms with Crippen molar-refractivity contribution in [3.63, 3.8) is 0 Å². The number of amides is 2. The van der Waals surface area contributed by atoms with Gasteiger partial charge in [-0.15, -0.1) is 0 Å². The summed E-state index contributed by atoms with van der Waals surface area (Å²) in [5, 5.41) is 2.69. The van der Waals surface area contributed by atoms with Gasteiger partial charge in [-0.25, -0.2) is 4.98 Å². The van der Waals surface area contributed by atoms with Crippen molar-refractivity contribution in [3.05, 3.63) is 53.7 Å². The van der Waals surface area contributed by atoms with Gasteiger partial charge in [-0.05, 0) is 48.2 Å². The minimum atomic E-state index is -0.283. The van der Waals surface area contributed by atoms with Gasteiger partial charge in [0.2, 0.25) is 11.8 Å². The van der Waals surface area contributed by atoms with E-state index in [1.807, 2.05) is 37.3 Å². The molecule has 1 N–H and O–H groups in total. The second-order valence-electron chi connectivity index (χ2n) is 6.84. The smallest absolute Gasteiger partial charge is 0.245 e. The zero-order valence-electron chi connectivity index (χ0n) is 16.4. The van der Waals surface area contributed by atoms with Gasteiger partial charge in [0.25, 0.3) is 0 Å². The fourth-order valence-corrected chi connectivity index (χ4v) is 2.49. The second-order valence-corrected chi connectivity index (χ2v) is 6.84. The number of aromatic nitrogens is 1. The highest BCUT2D eigenvalue weighted by Gasteiger charge is 2.13. The number of ether oxygens (including phenoxy) is 1. The molecule has 0 unspecified atom stereocenters. The molecule has 27 heavy (non-hydrogen) atoms. The fraction of sp³-hybridized carbons (Fsp3) is 0.381. The van der Waals surface area contributed by atoms with Gasteiger partial charge in [-0.2, -0.15) is 0 Å². The van der Waals surface area contributed by atoms with Crippen LogP contribution in [0, 0.1) is 6.92 Å². The molecular formula is C21H27N3O3. The van der Waals surface area contributed by atoms with E-state index in [4.69, 9.17) is 4.74 Å². The Morgan fingerprint density at radius 2 is 1.89 bits per heavy atom. The van der Waals surface area contributed by atoms with Crippen LogP contribution in [0.15, 0.2) is 42.6 Å². The maximum absolute atomic E-state index is 12.2. The first kappa shape index (κ1) is 20.4. The maximum Gasteiger partial charge on any atom is 0.245 e. The minimum Gasteiger partial charge on any atom is -0.493 e. The number of nitrogens with zero attached hydrogens (tertiary/aromatic N) is 2. The van der Waals surface area contributed by atoms with E-state index in [1.165, 1.54) is 10.5 Å². The molecule has 0 fully saturated rings. The predicted molar refractivity (Wildman–Crippen MR) is 106 cm³/mol. The lowest BCUT2D eigenvalue weighted by molar-refractivity contribution is -0.133. The molecule has 0 aliphatic carbocycles. The Kier molecular flexibility index (Phi) is 7.34. The number of nitrogens with one attached hydrogen (secondary N) is 1. The van der Waals surface area contributed by atoms with Crippen LogP contribution in [-0.2, 0) is 9.59 Å². The summed E-state index contributed by atoms with van der Waals surface area (Å²) in [7, 11) is 1.60. The molecule has 6 heteroatoms. The standard InChI is InChI=1S/C21H27N3O3/c1-15(2)17-5-7-18(8-6-17)27-12-10-21(26)24(4)14-20(25)23-19-13-16(3)9-11-22-19/h5-9,11,13,15H,10,12,14H2,1-4H3,(H,22,23,25). The molecule has 1 aromatic carbocycles. The van der Waals surface area contributed by atoms with Crippen LogP contribution < -0.4 is 10.1 Å². The molecule has 0 bridgehead atoms. The van der Waals surface area contributed by atoms with Crippen LogP contribution in [0.1, 0.15) is 37.3 Å². The number of pyridine rings is 1. The summed E-state index contributed by atoms with van der Waals surface area (Å²) in [4.78, 5) is 29.7. The number of benzene rings is 1. The first-order chi connectivity index (χ1) is 12.8. The topological polar surface area (TPSA) is 71.5 Å². The summed E-state index contributed by atoms with van der Waals surface area (Å²) < 4.78 is 5.62. The number of aryl methyl sites for hydroxylation is 1. The molecule has 2 amide bonds. The molecule has 1 aromatic heterocycles. The molecule has 0 radical (unpaired) electrons. The van der Waals surface area contributed by atoms with Crippen LogP contribution in [0.4, 0.5) is 5.82 Å². The molecule has 2 rings (SSSR count). The Labute approximate surface area is 160 Å². The normalized spacial score (nSPS) is 10.6. The Bertz CT molecular complexity index is 772. The van der Waals surface area contributed by atoms with Crippen LogP contribution in [0.5, 0.6) is 5.75 Å². The highest BCUT2D eigenvalue weighted by Crippen LogP contribution is 2.18. The zero-order chi connectivity index (χ0) is 19.8. The lowest BCUT2D eigenvalue weighted by Crippen LogP contribution is -2.35. The van der Waals surface area contributed by atoms with E-state index in [0.29, 0.717) is 11.7 Å². The molecular weight excluding hydrogens is 342 g/mol. The van der Waals surface area contributed by atoms with Crippen LogP contribution in [0.2, 0.25) is 0 Å². The van der Waals surface area contributed by atoms with Crippen molar-refractivity contribution in [1.29, 1.82) is 0 Å². The van der Waals surface area contributed by atoms with E-state index in [0.717, 1.165) is 11.3 Å². The lowest BCUT2D eigenvalue weighted by Gasteiger charge is -2.17. The van der Waals surface area contributed by atoms with Crippen LogP contribution in [-0.4, -0.2) is 41.9 Å². The third-order valence-electron chi connectivity index (χ3n) is 4.12. The highest BCUT2D eigenvalue weighted by atomic mass is 16.5. The van der Waals surface area contributed by atoms with Gasteiger partial charge >= 0.3 is 0 Å². The number of rotatable bonds is 8. The Balaban J connectivity index is 1.74. The maximum atomic E-state index is 12.2. The molecule has 0 saturated carbocycles. The van der Waals surface area contributed by atoms with Crippen molar-refractivity contribution < 1.29 is 14.3 Å². The number of carbonyl (C=O) groups is 2. The summed E-state index contributed by atoms with van der Waals surface area (Å²) in [6, 6.07) is 11.5. The van der Waals surface area contributed by atoms with E-state index in [1.54, 1.807) is 19.3 Å². The highest BCUT2D eigenvalue weighted by molar-refractivity contribution is 5.93. The van der Waals surface area contributed by atoms with Crippen molar-refractivity contribution >= 4 is 17.6 Å². The summed E-state index contributed by atoms with van der Waals surface area (Å²) in [5.74, 6) is 1.25. The third-order valence-corrected chi connectivity index (χ3v) is 4.12. The lowest BCUT2D eigenvalue weighted by atomic mass is 10.0. The van der Waals surface area contributed by atoms with Crippen LogP contribution in [0.3, 0.4) is 0 Å². The third kappa shape index (κ3) is 6.73. The van der Waals surface area contributed by atoms with Crippen molar-refractivity contribution in [1.82, 2.24) is 9.88 Å². The van der Waals surface area contributed by atoms with Crippen molar-refractivity contribution in [2.24, 2.45) is 0 Å². The van der Waals surface area contributed by atoms with Crippen LogP contribution >= 0.6 is 0 Å². The monoisotopic (exact) mass is 369 g/mol. The zero-order valence-corrected chi connectivity index (χ0v) is 16.4. The average Bonchev–Trinajstić information content (AvgIpc) is 2.61. The molecule has 6 nitrogen and oxygen atoms in total. The van der Waals surface area contributed by atoms with Crippen molar-refractivity contribution in [3.8, 4) is 5.75 Å². The molecule has 2 aromatic rings. The summed E-state index contributed by atoms with van der Waals surface area (Å²) >= 11 is 0. The number of carbonyl (C=O) groups excluding carboxylic acids is 2. The average molecular weight is 369 g/mol. The number of hydrogen-bond donors (Lipinski definition) is 1. The molecule has 1 heterocycles. The Morgan fingerprint density at radius 3 is 2.52 bits per heavy atom. The number of anilines is 1. The number of likely N-dealkylation sites (N-methyl/N-ethyl adjacent to an activating group) is 1. The molecule has 0 aliphatic heterocycles. The molecule has 144 valence electrons. The molecule has 0 aliphatic rings. The van der Waals surface area contributed by atoms with Gasteiger partial charge < -0.3 is 15.0 Å². The Morgan fingerprint density at radius 1 is 1.19 bits per heavy atom. The van der Waals surface area contributed by atoms with E-state index in [-0.39, 0.29) is 31.4 Å². The first-order valence-corrected chi connectivity index (χ1v) is 9.04. The first-order valence-electron chi connectivity index (χ1n) is 9.04.